The highest BCUT2D eigenvalue weighted by molar-refractivity contribution is 5.32. The van der Waals surface area contributed by atoms with Crippen LogP contribution in [0.1, 0.15) is 5.69 Å². The Balaban J connectivity index is 2.40. The zero-order chi connectivity index (χ0) is 10.7. The van der Waals surface area contributed by atoms with Crippen LogP contribution in [0.5, 0.6) is 0 Å². The molecule has 0 spiro atoms. The van der Waals surface area contributed by atoms with E-state index in [4.69, 9.17) is 5.90 Å². The number of nitrogens with two attached hydrogens (primary N) is 1. The summed E-state index contributed by atoms with van der Waals surface area (Å²) in [5, 5.41) is 7.51. The first-order valence-electron chi connectivity index (χ1n) is 4.28. The van der Waals surface area contributed by atoms with Gasteiger partial charge in [0.05, 0.1) is 17.6 Å². The van der Waals surface area contributed by atoms with Crippen molar-refractivity contribution in [1.82, 2.24) is 15.0 Å². The number of rotatable bonds is 3. The van der Waals surface area contributed by atoms with Crippen molar-refractivity contribution < 1.29 is 9.23 Å². The van der Waals surface area contributed by atoms with Crippen LogP contribution in [0.4, 0.5) is 4.39 Å². The number of hydrogen-bond donors (Lipinski definition) is 1. The molecule has 0 amide bonds. The van der Waals surface area contributed by atoms with Crippen LogP contribution in [0.15, 0.2) is 30.5 Å². The number of halogens is 1. The second kappa shape index (κ2) is 4.16. The third kappa shape index (κ3) is 2.00. The Labute approximate surface area is 85.2 Å². The quantitative estimate of drug-likeness (QED) is 0.757. The molecular formula is C9H9FN4O. The molecule has 1 aromatic carbocycles. The summed E-state index contributed by atoms with van der Waals surface area (Å²) in [7, 11) is 0. The van der Waals surface area contributed by atoms with Gasteiger partial charge in [0.25, 0.3) is 0 Å². The maximum absolute atomic E-state index is 13.0. The first-order valence-corrected chi connectivity index (χ1v) is 4.28. The SMILES string of the molecule is NOCc1cnnn1-c1cccc(F)c1. The Hall–Kier alpha value is -1.79. The van der Waals surface area contributed by atoms with Gasteiger partial charge in [-0.3, -0.25) is 4.84 Å². The van der Waals surface area contributed by atoms with Gasteiger partial charge < -0.3 is 0 Å². The van der Waals surface area contributed by atoms with Crippen LogP contribution in [0.3, 0.4) is 0 Å². The lowest BCUT2D eigenvalue weighted by atomic mass is 10.3. The molecule has 1 heterocycles. The molecule has 0 aliphatic rings. The lowest BCUT2D eigenvalue weighted by Gasteiger charge is -2.04. The van der Waals surface area contributed by atoms with Crippen molar-refractivity contribution in [3.05, 3.63) is 42.0 Å². The molecule has 0 aliphatic carbocycles. The summed E-state index contributed by atoms with van der Waals surface area (Å²) in [6, 6.07) is 6.03. The molecule has 0 unspecified atom stereocenters. The second-order valence-electron chi connectivity index (χ2n) is 2.93. The predicted octanol–water partition coefficient (Wildman–Crippen LogP) is 0.797. The van der Waals surface area contributed by atoms with Gasteiger partial charge in [-0.15, -0.1) is 5.10 Å². The third-order valence-electron chi connectivity index (χ3n) is 1.90. The van der Waals surface area contributed by atoms with Gasteiger partial charge >= 0.3 is 0 Å². The Morgan fingerprint density at radius 1 is 1.47 bits per heavy atom. The lowest BCUT2D eigenvalue weighted by molar-refractivity contribution is 0.119. The van der Waals surface area contributed by atoms with Gasteiger partial charge in [0, 0.05) is 0 Å². The molecule has 2 aromatic rings. The standard InChI is InChI=1S/C9H9FN4O/c10-7-2-1-3-8(4-7)14-9(6-15-11)5-12-13-14/h1-5H,6,11H2. The molecule has 0 bridgehead atoms. The Kier molecular flexibility index (Phi) is 2.70. The minimum absolute atomic E-state index is 0.170. The topological polar surface area (TPSA) is 66.0 Å². The van der Waals surface area contributed by atoms with Crippen molar-refractivity contribution in [2.75, 3.05) is 0 Å². The van der Waals surface area contributed by atoms with Gasteiger partial charge in [0.15, 0.2) is 0 Å². The summed E-state index contributed by atoms with van der Waals surface area (Å²) >= 11 is 0. The highest BCUT2D eigenvalue weighted by Crippen LogP contribution is 2.11. The van der Waals surface area contributed by atoms with Crippen molar-refractivity contribution >= 4 is 0 Å². The molecule has 0 atom stereocenters. The fourth-order valence-corrected chi connectivity index (χ4v) is 1.27. The van der Waals surface area contributed by atoms with E-state index in [2.05, 4.69) is 15.1 Å². The van der Waals surface area contributed by atoms with E-state index in [9.17, 15) is 4.39 Å². The summed E-state index contributed by atoms with van der Waals surface area (Å²) in [6.07, 6.45) is 1.51. The minimum atomic E-state index is -0.331. The summed E-state index contributed by atoms with van der Waals surface area (Å²) in [6.45, 7) is 0.170. The summed E-state index contributed by atoms with van der Waals surface area (Å²) in [5.41, 5.74) is 1.24. The largest absolute Gasteiger partial charge is 0.298 e. The fourth-order valence-electron chi connectivity index (χ4n) is 1.27. The van der Waals surface area contributed by atoms with Gasteiger partial charge in [-0.1, -0.05) is 11.3 Å². The lowest BCUT2D eigenvalue weighted by Crippen LogP contribution is -2.06. The van der Waals surface area contributed by atoms with Crippen LogP contribution in [-0.4, -0.2) is 15.0 Å². The molecule has 5 nitrogen and oxygen atoms in total. The molecule has 0 fully saturated rings. The molecule has 78 valence electrons. The monoisotopic (exact) mass is 208 g/mol. The van der Waals surface area contributed by atoms with Gasteiger partial charge in [0.2, 0.25) is 0 Å². The number of nitrogens with zero attached hydrogens (tertiary/aromatic N) is 3. The van der Waals surface area contributed by atoms with E-state index in [1.807, 2.05) is 0 Å². The van der Waals surface area contributed by atoms with Crippen molar-refractivity contribution in [2.45, 2.75) is 6.61 Å². The molecular weight excluding hydrogens is 199 g/mol. The summed E-state index contributed by atoms with van der Waals surface area (Å²) < 4.78 is 14.4. The molecule has 15 heavy (non-hydrogen) atoms. The Morgan fingerprint density at radius 2 is 2.33 bits per heavy atom. The van der Waals surface area contributed by atoms with E-state index >= 15 is 0 Å². The van der Waals surface area contributed by atoms with E-state index in [1.165, 1.54) is 23.0 Å². The molecule has 2 N–H and O–H groups in total. The average molecular weight is 208 g/mol. The van der Waals surface area contributed by atoms with Crippen LogP contribution in [-0.2, 0) is 11.4 Å². The Morgan fingerprint density at radius 3 is 3.07 bits per heavy atom. The first kappa shape index (κ1) is 9.75. The number of benzene rings is 1. The van der Waals surface area contributed by atoms with Crippen molar-refractivity contribution in [2.24, 2.45) is 5.90 Å². The normalized spacial score (nSPS) is 10.5. The Bertz CT molecular complexity index is 457. The zero-order valence-electron chi connectivity index (χ0n) is 7.80. The van der Waals surface area contributed by atoms with Gasteiger partial charge in [-0.2, -0.15) is 0 Å². The van der Waals surface area contributed by atoms with Crippen LogP contribution in [0.2, 0.25) is 0 Å². The maximum Gasteiger partial charge on any atom is 0.125 e. The van der Waals surface area contributed by atoms with Gasteiger partial charge in [-0.05, 0) is 18.2 Å². The third-order valence-corrected chi connectivity index (χ3v) is 1.90. The molecule has 1 aromatic heterocycles. The second-order valence-corrected chi connectivity index (χ2v) is 2.93. The molecule has 2 rings (SSSR count). The zero-order valence-corrected chi connectivity index (χ0v) is 7.80. The highest BCUT2D eigenvalue weighted by Gasteiger charge is 2.06. The molecule has 0 saturated carbocycles. The van der Waals surface area contributed by atoms with E-state index in [-0.39, 0.29) is 12.4 Å². The molecule has 0 saturated heterocycles. The minimum Gasteiger partial charge on any atom is -0.298 e. The highest BCUT2D eigenvalue weighted by atomic mass is 19.1. The van der Waals surface area contributed by atoms with E-state index in [0.29, 0.717) is 11.4 Å². The maximum atomic E-state index is 13.0. The van der Waals surface area contributed by atoms with E-state index < -0.39 is 0 Å². The van der Waals surface area contributed by atoms with Gasteiger partial charge in [-0.25, -0.2) is 15.0 Å². The fraction of sp³-hybridized carbons (Fsp3) is 0.111. The molecule has 0 aliphatic heterocycles. The van der Waals surface area contributed by atoms with Crippen molar-refractivity contribution in [3.8, 4) is 5.69 Å². The molecule has 0 radical (unpaired) electrons. The van der Waals surface area contributed by atoms with E-state index in [0.717, 1.165) is 0 Å². The smallest absolute Gasteiger partial charge is 0.125 e. The average Bonchev–Trinajstić information content (AvgIpc) is 2.66. The summed E-state index contributed by atoms with van der Waals surface area (Å²) in [4.78, 5) is 4.48. The van der Waals surface area contributed by atoms with Crippen molar-refractivity contribution in [3.63, 3.8) is 0 Å². The van der Waals surface area contributed by atoms with Gasteiger partial charge in [0.1, 0.15) is 12.4 Å². The summed E-state index contributed by atoms with van der Waals surface area (Å²) in [5.74, 6) is 4.62. The number of aromatic nitrogens is 3. The first-order chi connectivity index (χ1) is 7.31. The van der Waals surface area contributed by atoms with Crippen LogP contribution in [0.25, 0.3) is 5.69 Å². The predicted molar refractivity (Wildman–Crippen MR) is 50.3 cm³/mol. The van der Waals surface area contributed by atoms with Crippen LogP contribution < -0.4 is 5.90 Å². The van der Waals surface area contributed by atoms with E-state index in [1.54, 1.807) is 12.1 Å². The van der Waals surface area contributed by atoms with Crippen LogP contribution >= 0.6 is 0 Å². The molecule has 6 heteroatoms. The van der Waals surface area contributed by atoms with Crippen molar-refractivity contribution in [1.29, 1.82) is 0 Å². The van der Waals surface area contributed by atoms with Crippen LogP contribution in [0, 0.1) is 5.82 Å². The number of hydrogen-bond acceptors (Lipinski definition) is 4.